The van der Waals surface area contributed by atoms with E-state index in [2.05, 4.69) is 5.32 Å². The van der Waals surface area contributed by atoms with Gasteiger partial charge in [0.1, 0.15) is 11.9 Å². The number of carbonyl (C=O) groups excluding carboxylic acids is 3. The van der Waals surface area contributed by atoms with E-state index in [9.17, 15) is 18.8 Å². The van der Waals surface area contributed by atoms with Gasteiger partial charge in [0.25, 0.3) is 5.91 Å². The van der Waals surface area contributed by atoms with Gasteiger partial charge in [-0.2, -0.15) is 0 Å². The monoisotopic (exact) mass is 475 g/mol. The molecule has 7 heteroatoms. The third kappa shape index (κ3) is 5.04. The van der Waals surface area contributed by atoms with Crippen molar-refractivity contribution in [2.24, 2.45) is 0 Å². The highest BCUT2D eigenvalue weighted by Crippen LogP contribution is 2.37. The van der Waals surface area contributed by atoms with Crippen molar-refractivity contribution >= 4 is 34.2 Å². The normalized spacial score (nSPS) is 13.2. The molecule has 3 aromatic carbocycles. The highest BCUT2D eigenvalue weighted by molar-refractivity contribution is 6.25. The largest absolute Gasteiger partial charge is 0.354 e. The molecule has 1 atom stereocenters. The number of carbonyl (C=O) groups is 3. The van der Waals surface area contributed by atoms with E-state index < -0.39 is 11.9 Å². The molecule has 1 unspecified atom stereocenters. The molecule has 1 heterocycles. The Kier molecular flexibility index (Phi) is 7.44. The number of nitrogens with one attached hydrogen (secondary N) is 1. The number of benzene rings is 3. The Morgan fingerprint density at radius 2 is 1.80 bits per heavy atom. The molecule has 0 saturated heterocycles. The van der Waals surface area contributed by atoms with Crippen LogP contribution >= 0.6 is 0 Å². The highest BCUT2D eigenvalue weighted by Gasteiger charge is 2.30. The van der Waals surface area contributed by atoms with Crippen LogP contribution in [0.15, 0.2) is 60.7 Å². The Balaban J connectivity index is 1.46. The van der Waals surface area contributed by atoms with Crippen molar-refractivity contribution in [2.75, 3.05) is 18.0 Å². The molecular formula is C28H30FN3O3. The van der Waals surface area contributed by atoms with Crippen molar-refractivity contribution in [1.82, 2.24) is 10.2 Å². The van der Waals surface area contributed by atoms with Crippen molar-refractivity contribution in [3.8, 4) is 0 Å². The summed E-state index contributed by atoms with van der Waals surface area (Å²) in [4.78, 5) is 42.0. The molecule has 0 aromatic heterocycles. The van der Waals surface area contributed by atoms with Gasteiger partial charge in [0.15, 0.2) is 0 Å². The lowest BCUT2D eigenvalue weighted by atomic mass is 10.1. The second-order valence-corrected chi connectivity index (χ2v) is 8.82. The van der Waals surface area contributed by atoms with Gasteiger partial charge in [-0.25, -0.2) is 4.39 Å². The SMILES string of the molecule is CCCNC(=O)C(C)N(Cc1ccccc1F)C(=O)CCCN1C(=O)c2cccc3cccc1c23. The molecule has 4 rings (SSSR count). The van der Waals surface area contributed by atoms with Gasteiger partial charge in [0.05, 0.1) is 5.69 Å². The van der Waals surface area contributed by atoms with Crippen molar-refractivity contribution < 1.29 is 18.8 Å². The average Bonchev–Trinajstić information content (AvgIpc) is 3.14. The van der Waals surface area contributed by atoms with Crippen LogP contribution in [0.3, 0.4) is 0 Å². The van der Waals surface area contributed by atoms with Crippen LogP contribution in [0.1, 0.15) is 49.0 Å². The summed E-state index contributed by atoms with van der Waals surface area (Å²) >= 11 is 0. The predicted molar refractivity (Wildman–Crippen MR) is 135 cm³/mol. The fourth-order valence-corrected chi connectivity index (χ4v) is 4.52. The van der Waals surface area contributed by atoms with Crippen molar-refractivity contribution in [1.29, 1.82) is 0 Å². The molecule has 1 N–H and O–H groups in total. The maximum atomic E-state index is 14.3. The first-order valence-corrected chi connectivity index (χ1v) is 12.1. The van der Waals surface area contributed by atoms with Crippen molar-refractivity contribution in [2.45, 2.75) is 45.7 Å². The maximum Gasteiger partial charge on any atom is 0.258 e. The molecule has 0 fully saturated rings. The van der Waals surface area contributed by atoms with Gasteiger partial charge in [-0.05, 0) is 43.4 Å². The van der Waals surface area contributed by atoms with E-state index in [1.54, 1.807) is 30.0 Å². The molecule has 0 saturated carbocycles. The van der Waals surface area contributed by atoms with Gasteiger partial charge < -0.3 is 15.1 Å². The van der Waals surface area contributed by atoms with E-state index in [1.165, 1.54) is 11.0 Å². The lowest BCUT2D eigenvalue weighted by Gasteiger charge is -2.29. The van der Waals surface area contributed by atoms with Crippen LogP contribution in [0.2, 0.25) is 0 Å². The molecule has 0 spiro atoms. The Hall–Kier alpha value is -3.74. The Morgan fingerprint density at radius 1 is 1.06 bits per heavy atom. The number of rotatable bonds is 10. The summed E-state index contributed by atoms with van der Waals surface area (Å²) in [6.45, 7) is 4.49. The van der Waals surface area contributed by atoms with Crippen LogP contribution in [0.4, 0.5) is 10.1 Å². The highest BCUT2D eigenvalue weighted by atomic mass is 19.1. The minimum Gasteiger partial charge on any atom is -0.354 e. The Labute approximate surface area is 204 Å². The van der Waals surface area contributed by atoms with Crippen LogP contribution < -0.4 is 10.2 Å². The Morgan fingerprint density at radius 3 is 2.54 bits per heavy atom. The minimum atomic E-state index is -0.750. The van der Waals surface area contributed by atoms with E-state index in [0.29, 0.717) is 30.6 Å². The summed E-state index contributed by atoms with van der Waals surface area (Å²) in [5.74, 6) is -1.01. The maximum absolute atomic E-state index is 14.3. The number of hydrogen-bond donors (Lipinski definition) is 1. The molecular weight excluding hydrogens is 445 g/mol. The van der Waals surface area contributed by atoms with Crippen LogP contribution in [-0.2, 0) is 16.1 Å². The Bertz CT molecular complexity index is 1250. The smallest absolute Gasteiger partial charge is 0.258 e. The first-order chi connectivity index (χ1) is 16.9. The van der Waals surface area contributed by atoms with E-state index in [-0.39, 0.29) is 30.7 Å². The van der Waals surface area contributed by atoms with E-state index in [1.807, 2.05) is 43.3 Å². The molecule has 0 radical (unpaired) electrons. The van der Waals surface area contributed by atoms with E-state index >= 15 is 0 Å². The number of nitrogens with zero attached hydrogens (tertiary/aromatic N) is 2. The van der Waals surface area contributed by atoms with Crippen LogP contribution in [0, 0.1) is 5.82 Å². The zero-order valence-corrected chi connectivity index (χ0v) is 20.1. The number of halogens is 1. The van der Waals surface area contributed by atoms with E-state index in [4.69, 9.17) is 0 Å². The van der Waals surface area contributed by atoms with Crippen LogP contribution in [0.5, 0.6) is 0 Å². The third-order valence-electron chi connectivity index (χ3n) is 6.44. The lowest BCUT2D eigenvalue weighted by Crippen LogP contribution is -2.48. The second-order valence-electron chi connectivity index (χ2n) is 8.82. The molecule has 0 aliphatic carbocycles. The van der Waals surface area contributed by atoms with Gasteiger partial charge in [-0.15, -0.1) is 0 Å². The van der Waals surface area contributed by atoms with Crippen molar-refractivity contribution in [3.05, 3.63) is 77.6 Å². The molecule has 3 aromatic rings. The number of hydrogen-bond acceptors (Lipinski definition) is 3. The van der Waals surface area contributed by atoms with Gasteiger partial charge >= 0.3 is 0 Å². The fourth-order valence-electron chi connectivity index (χ4n) is 4.52. The summed E-state index contributed by atoms with van der Waals surface area (Å²) in [5, 5.41) is 4.76. The molecule has 182 valence electrons. The van der Waals surface area contributed by atoms with Crippen molar-refractivity contribution in [3.63, 3.8) is 0 Å². The fraction of sp³-hybridized carbons (Fsp3) is 0.321. The van der Waals surface area contributed by atoms with Gasteiger partial charge in [-0.3, -0.25) is 14.4 Å². The lowest BCUT2D eigenvalue weighted by molar-refractivity contribution is -0.140. The zero-order valence-electron chi connectivity index (χ0n) is 20.1. The molecule has 35 heavy (non-hydrogen) atoms. The first-order valence-electron chi connectivity index (χ1n) is 12.1. The molecule has 0 bridgehead atoms. The van der Waals surface area contributed by atoms with Gasteiger partial charge in [0, 0.05) is 42.6 Å². The molecule has 1 aliphatic rings. The standard InChI is InChI=1S/C28H30FN3O3/c1-3-16-30-27(34)19(2)32(18-21-9-4-5-13-23(21)29)25(33)15-8-17-31-24-14-7-11-20-10-6-12-22(26(20)24)28(31)35/h4-7,9-14,19H,3,8,15-18H2,1-2H3,(H,30,34). The summed E-state index contributed by atoms with van der Waals surface area (Å²) < 4.78 is 14.3. The minimum absolute atomic E-state index is 0.000385. The molecule has 6 nitrogen and oxygen atoms in total. The van der Waals surface area contributed by atoms with Gasteiger partial charge in [0.2, 0.25) is 11.8 Å². The quantitative estimate of drug-likeness (QED) is 0.464. The molecule has 3 amide bonds. The van der Waals surface area contributed by atoms with Crippen LogP contribution in [-0.4, -0.2) is 41.8 Å². The summed E-state index contributed by atoms with van der Waals surface area (Å²) in [6, 6.07) is 17.0. The number of amides is 3. The summed E-state index contributed by atoms with van der Waals surface area (Å²) in [5.41, 5.74) is 1.88. The topological polar surface area (TPSA) is 69.7 Å². The average molecular weight is 476 g/mol. The van der Waals surface area contributed by atoms with Crippen LogP contribution in [0.25, 0.3) is 10.8 Å². The molecule has 1 aliphatic heterocycles. The summed E-state index contributed by atoms with van der Waals surface area (Å²) in [6.07, 6.45) is 1.33. The van der Waals surface area contributed by atoms with E-state index in [0.717, 1.165) is 22.9 Å². The third-order valence-corrected chi connectivity index (χ3v) is 6.44. The summed E-state index contributed by atoms with van der Waals surface area (Å²) in [7, 11) is 0. The zero-order chi connectivity index (χ0) is 24.9. The second kappa shape index (κ2) is 10.7. The van der Waals surface area contributed by atoms with Gasteiger partial charge in [-0.1, -0.05) is 49.4 Å². The predicted octanol–water partition coefficient (Wildman–Crippen LogP) is 4.66. The number of anilines is 1. The first kappa shape index (κ1) is 24.4.